The van der Waals surface area contributed by atoms with Gasteiger partial charge in [0, 0.05) is 16.0 Å². The third-order valence-corrected chi connectivity index (χ3v) is 3.80. The minimum Gasteiger partial charge on any atom is -0.289 e. The molecule has 0 radical (unpaired) electrons. The van der Waals surface area contributed by atoms with Gasteiger partial charge in [-0.05, 0) is 36.9 Å². The molecule has 0 unspecified atom stereocenters. The average molecular weight is 286 g/mol. The Morgan fingerprint density at radius 3 is 2.35 bits per heavy atom. The second-order valence-electron chi connectivity index (χ2n) is 4.25. The minimum atomic E-state index is -0.355. The van der Waals surface area contributed by atoms with E-state index < -0.39 is 0 Å². The first kappa shape index (κ1) is 14.5. The van der Waals surface area contributed by atoms with Crippen LogP contribution in [0.1, 0.15) is 22.8 Å². The Labute approximate surface area is 122 Å². The van der Waals surface area contributed by atoms with Gasteiger partial charge in [-0.1, -0.05) is 36.4 Å². The molecule has 20 heavy (non-hydrogen) atoms. The maximum absolute atomic E-state index is 13.8. The number of thioether (sulfide) groups is 1. The fraction of sp³-hybridized carbons (Fsp3) is 0.118. The molecule has 0 fully saturated rings. The highest BCUT2D eigenvalue weighted by Crippen LogP contribution is 2.24. The van der Waals surface area contributed by atoms with E-state index >= 15 is 0 Å². The van der Waals surface area contributed by atoms with Crippen LogP contribution in [-0.2, 0) is 0 Å². The van der Waals surface area contributed by atoms with Crippen LogP contribution in [0.3, 0.4) is 0 Å². The van der Waals surface area contributed by atoms with Crippen molar-refractivity contribution in [3.8, 4) is 0 Å². The number of ketones is 1. The summed E-state index contributed by atoms with van der Waals surface area (Å²) in [5.41, 5.74) is 1.80. The van der Waals surface area contributed by atoms with Crippen molar-refractivity contribution >= 4 is 23.1 Å². The van der Waals surface area contributed by atoms with Gasteiger partial charge in [0.15, 0.2) is 5.78 Å². The monoisotopic (exact) mass is 286 g/mol. The molecular weight excluding hydrogens is 271 g/mol. The highest BCUT2D eigenvalue weighted by Gasteiger charge is 2.15. The molecule has 1 nitrogen and oxygen atoms in total. The van der Waals surface area contributed by atoms with Crippen LogP contribution in [0.2, 0.25) is 0 Å². The second kappa shape index (κ2) is 6.53. The predicted octanol–water partition coefficient (Wildman–Crippen LogP) is 4.83. The van der Waals surface area contributed by atoms with Gasteiger partial charge in [0.25, 0.3) is 0 Å². The molecule has 0 heterocycles. The zero-order valence-corrected chi connectivity index (χ0v) is 12.2. The van der Waals surface area contributed by atoms with Crippen molar-refractivity contribution in [2.24, 2.45) is 0 Å². The molecule has 0 aliphatic rings. The third kappa shape index (κ3) is 2.99. The van der Waals surface area contributed by atoms with E-state index in [1.807, 2.05) is 37.3 Å². The summed E-state index contributed by atoms with van der Waals surface area (Å²) < 4.78 is 13.8. The number of carbonyl (C=O) groups excluding carboxylic acids is 1. The second-order valence-corrected chi connectivity index (χ2v) is 5.09. The Morgan fingerprint density at radius 2 is 1.80 bits per heavy atom. The molecular formula is C17H15FOS. The van der Waals surface area contributed by atoms with Crippen LogP contribution >= 0.6 is 11.8 Å². The van der Waals surface area contributed by atoms with Gasteiger partial charge < -0.3 is 0 Å². The van der Waals surface area contributed by atoms with Crippen molar-refractivity contribution in [1.82, 2.24) is 0 Å². The Kier molecular flexibility index (Phi) is 4.74. The molecule has 0 spiro atoms. The lowest BCUT2D eigenvalue weighted by atomic mass is 9.96. The summed E-state index contributed by atoms with van der Waals surface area (Å²) in [6, 6.07) is 14.0. The van der Waals surface area contributed by atoms with E-state index in [4.69, 9.17) is 0 Å². The van der Waals surface area contributed by atoms with Crippen molar-refractivity contribution in [3.63, 3.8) is 0 Å². The Bertz CT molecular complexity index is 647. The first-order valence-electron chi connectivity index (χ1n) is 6.27. The van der Waals surface area contributed by atoms with E-state index in [1.165, 1.54) is 17.8 Å². The maximum Gasteiger partial charge on any atom is 0.193 e. The number of rotatable bonds is 4. The van der Waals surface area contributed by atoms with E-state index in [9.17, 15) is 9.18 Å². The van der Waals surface area contributed by atoms with Gasteiger partial charge in [-0.25, -0.2) is 4.39 Å². The Balaban J connectivity index is 2.38. The summed E-state index contributed by atoms with van der Waals surface area (Å²) >= 11 is 1.33. The molecule has 0 aromatic heterocycles. The normalized spacial score (nSPS) is 11.4. The van der Waals surface area contributed by atoms with Crippen LogP contribution < -0.4 is 0 Å². The molecule has 0 atom stereocenters. The van der Waals surface area contributed by atoms with Crippen LogP contribution in [0.15, 0.2) is 59.5 Å². The molecule has 0 bridgehead atoms. The van der Waals surface area contributed by atoms with Crippen molar-refractivity contribution < 1.29 is 9.18 Å². The molecule has 0 aliphatic carbocycles. The number of allylic oxidation sites excluding steroid dienone is 2. The highest BCUT2D eigenvalue weighted by atomic mass is 32.2. The summed E-state index contributed by atoms with van der Waals surface area (Å²) in [5, 5.41) is 0. The molecule has 3 heteroatoms. The SMILES string of the molecule is C/C=C(/C(=O)c1ccc(SC)c(F)c1)c1ccccc1. The number of hydrogen-bond acceptors (Lipinski definition) is 2. The molecule has 0 aliphatic heterocycles. The molecule has 2 rings (SSSR count). The zero-order chi connectivity index (χ0) is 14.5. The topological polar surface area (TPSA) is 17.1 Å². The zero-order valence-electron chi connectivity index (χ0n) is 11.4. The van der Waals surface area contributed by atoms with E-state index in [0.29, 0.717) is 16.0 Å². The van der Waals surface area contributed by atoms with Gasteiger partial charge in [-0.3, -0.25) is 4.79 Å². The first-order chi connectivity index (χ1) is 9.67. The minimum absolute atomic E-state index is 0.162. The van der Waals surface area contributed by atoms with E-state index in [-0.39, 0.29) is 11.6 Å². The number of Topliss-reactive ketones (excluding diaryl/α,β-unsaturated/α-hetero) is 1. The summed E-state index contributed by atoms with van der Waals surface area (Å²) in [7, 11) is 0. The lowest BCUT2D eigenvalue weighted by molar-refractivity contribution is 0.105. The van der Waals surface area contributed by atoms with Crippen LogP contribution in [0.25, 0.3) is 5.57 Å². The van der Waals surface area contributed by atoms with Gasteiger partial charge >= 0.3 is 0 Å². The third-order valence-electron chi connectivity index (χ3n) is 3.03. The standard InChI is InChI=1S/C17H15FOS/c1-3-14(12-7-5-4-6-8-12)17(19)13-9-10-16(20-2)15(18)11-13/h3-11H,1-2H3/b14-3+. The summed E-state index contributed by atoms with van der Waals surface area (Å²) in [4.78, 5) is 13.0. The number of carbonyl (C=O) groups is 1. The van der Waals surface area contributed by atoms with Gasteiger partial charge in [0.2, 0.25) is 0 Å². The van der Waals surface area contributed by atoms with Gasteiger partial charge in [-0.15, -0.1) is 11.8 Å². The van der Waals surface area contributed by atoms with Gasteiger partial charge in [0.1, 0.15) is 5.82 Å². The first-order valence-corrected chi connectivity index (χ1v) is 7.49. The van der Waals surface area contributed by atoms with Crippen molar-refractivity contribution in [1.29, 1.82) is 0 Å². The number of hydrogen-bond donors (Lipinski definition) is 0. The summed E-state index contributed by atoms with van der Waals surface area (Å²) in [5.74, 6) is -0.517. The molecule has 2 aromatic rings. The van der Waals surface area contributed by atoms with Gasteiger partial charge in [0.05, 0.1) is 0 Å². The number of benzene rings is 2. The summed E-state index contributed by atoms with van der Waals surface area (Å²) in [6.45, 7) is 1.81. The number of halogens is 1. The lowest BCUT2D eigenvalue weighted by Crippen LogP contribution is -2.03. The predicted molar refractivity (Wildman–Crippen MR) is 82.6 cm³/mol. The Hall–Kier alpha value is -1.87. The summed E-state index contributed by atoms with van der Waals surface area (Å²) in [6.07, 6.45) is 3.57. The van der Waals surface area contributed by atoms with Crippen LogP contribution in [0.4, 0.5) is 4.39 Å². The Morgan fingerprint density at radius 1 is 1.10 bits per heavy atom. The average Bonchev–Trinajstić information content (AvgIpc) is 2.49. The largest absolute Gasteiger partial charge is 0.289 e. The van der Waals surface area contributed by atoms with Crippen LogP contribution in [0, 0.1) is 5.82 Å². The molecule has 0 saturated carbocycles. The van der Waals surface area contributed by atoms with E-state index in [0.717, 1.165) is 5.56 Å². The van der Waals surface area contributed by atoms with Crippen molar-refractivity contribution in [2.45, 2.75) is 11.8 Å². The fourth-order valence-electron chi connectivity index (χ4n) is 2.01. The van der Waals surface area contributed by atoms with Gasteiger partial charge in [-0.2, -0.15) is 0 Å². The van der Waals surface area contributed by atoms with Crippen LogP contribution in [-0.4, -0.2) is 12.0 Å². The molecule has 102 valence electrons. The lowest BCUT2D eigenvalue weighted by Gasteiger charge is -2.08. The smallest absolute Gasteiger partial charge is 0.193 e. The quantitative estimate of drug-likeness (QED) is 0.455. The highest BCUT2D eigenvalue weighted by molar-refractivity contribution is 7.98. The molecule has 2 aromatic carbocycles. The van der Waals surface area contributed by atoms with Crippen molar-refractivity contribution in [2.75, 3.05) is 6.26 Å². The van der Waals surface area contributed by atoms with Crippen molar-refractivity contribution in [3.05, 3.63) is 71.6 Å². The van der Waals surface area contributed by atoms with E-state index in [1.54, 1.807) is 24.5 Å². The molecule has 0 amide bonds. The fourth-order valence-corrected chi connectivity index (χ4v) is 2.47. The maximum atomic E-state index is 13.8. The molecule has 0 saturated heterocycles. The van der Waals surface area contributed by atoms with Crippen LogP contribution in [0.5, 0.6) is 0 Å². The van der Waals surface area contributed by atoms with E-state index in [2.05, 4.69) is 0 Å². The molecule has 0 N–H and O–H groups in total.